The van der Waals surface area contributed by atoms with Crippen LogP contribution in [0.4, 0.5) is 5.69 Å². The number of halogens is 1. The quantitative estimate of drug-likeness (QED) is 0.770. The van der Waals surface area contributed by atoms with Gasteiger partial charge in [-0.25, -0.2) is 8.42 Å². The van der Waals surface area contributed by atoms with E-state index in [1.54, 1.807) is 12.1 Å². The number of aliphatic hydroxyl groups is 1. The second-order valence-electron chi connectivity index (χ2n) is 4.23. The van der Waals surface area contributed by atoms with Crippen molar-refractivity contribution in [3.63, 3.8) is 0 Å². The molecule has 2 rings (SSSR count). The first kappa shape index (κ1) is 14.7. The van der Waals surface area contributed by atoms with E-state index in [9.17, 15) is 8.42 Å². The molecule has 1 heterocycles. The van der Waals surface area contributed by atoms with Crippen LogP contribution >= 0.6 is 15.9 Å². The molecule has 19 heavy (non-hydrogen) atoms. The molecule has 0 radical (unpaired) electrons. The Kier molecular flexibility index (Phi) is 4.46. The highest BCUT2D eigenvalue weighted by atomic mass is 79.9. The first-order valence-electron chi connectivity index (χ1n) is 5.73. The highest BCUT2D eigenvalue weighted by Crippen LogP contribution is 2.28. The van der Waals surface area contributed by atoms with Crippen LogP contribution < -0.4 is 5.73 Å². The molecule has 1 aliphatic heterocycles. The van der Waals surface area contributed by atoms with Gasteiger partial charge in [-0.15, -0.1) is 0 Å². The Morgan fingerprint density at radius 1 is 1.53 bits per heavy atom. The van der Waals surface area contributed by atoms with Gasteiger partial charge in [-0.05, 0) is 34.1 Å². The van der Waals surface area contributed by atoms with Gasteiger partial charge in [0.2, 0.25) is 10.0 Å². The topological polar surface area (TPSA) is 92.9 Å². The SMILES string of the molecule is Nc1ccc(Br)c(S(=O)(=O)N2CCOC(CO)C2)c1. The van der Waals surface area contributed by atoms with Crippen molar-refractivity contribution in [2.24, 2.45) is 0 Å². The van der Waals surface area contributed by atoms with Crippen LogP contribution in [0.2, 0.25) is 0 Å². The molecule has 0 amide bonds. The number of rotatable bonds is 3. The average molecular weight is 351 g/mol. The Morgan fingerprint density at radius 3 is 2.95 bits per heavy atom. The van der Waals surface area contributed by atoms with E-state index in [0.29, 0.717) is 10.2 Å². The number of aliphatic hydroxyl groups excluding tert-OH is 1. The van der Waals surface area contributed by atoms with Gasteiger partial charge in [0.15, 0.2) is 0 Å². The normalized spacial score (nSPS) is 21.5. The lowest BCUT2D eigenvalue weighted by atomic mass is 10.3. The Balaban J connectivity index is 2.34. The maximum absolute atomic E-state index is 12.5. The lowest BCUT2D eigenvalue weighted by Crippen LogP contribution is -2.46. The van der Waals surface area contributed by atoms with Crippen molar-refractivity contribution in [1.82, 2.24) is 4.31 Å². The number of nitrogens with zero attached hydrogens (tertiary/aromatic N) is 1. The number of ether oxygens (including phenoxy) is 1. The minimum atomic E-state index is -3.64. The number of sulfonamides is 1. The van der Waals surface area contributed by atoms with Gasteiger partial charge in [-0.3, -0.25) is 0 Å². The summed E-state index contributed by atoms with van der Waals surface area (Å²) in [5.41, 5.74) is 6.02. The molecule has 1 aromatic rings. The molecule has 1 aromatic carbocycles. The molecule has 0 saturated carbocycles. The van der Waals surface area contributed by atoms with E-state index in [0.717, 1.165) is 0 Å². The molecule has 1 fully saturated rings. The van der Waals surface area contributed by atoms with Crippen LogP contribution in [0.3, 0.4) is 0 Å². The van der Waals surface area contributed by atoms with Gasteiger partial charge in [-0.2, -0.15) is 4.31 Å². The van der Waals surface area contributed by atoms with Gasteiger partial charge in [0.05, 0.1) is 24.2 Å². The Bertz CT molecular complexity index is 564. The fourth-order valence-corrected chi connectivity index (χ4v) is 4.29. The molecule has 1 atom stereocenters. The maximum atomic E-state index is 12.5. The molecular weight excluding hydrogens is 336 g/mol. The molecule has 1 aliphatic rings. The minimum absolute atomic E-state index is 0.131. The summed E-state index contributed by atoms with van der Waals surface area (Å²) in [5, 5.41) is 9.07. The number of hydrogen-bond acceptors (Lipinski definition) is 5. The summed E-state index contributed by atoms with van der Waals surface area (Å²) in [4.78, 5) is 0.131. The van der Waals surface area contributed by atoms with Crippen LogP contribution in [0.15, 0.2) is 27.6 Å². The smallest absolute Gasteiger partial charge is 0.244 e. The largest absolute Gasteiger partial charge is 0.399 e. The lowest BCUT2D eigenvalue weighted by Gasteiger charge is -2.31. The first-order chi connectivity index (χ1) is 8.95. The van der Waals surface area contributed by atoms with Gasteiger partial charge < -0.3 is 15.6 Å². The number of hydrogen-bond donors (Lipinski definition) is 2. The van der Waals surface area contributed by atoms with Crippen molar-refractivity contribution in [2.45, 2.75) is 11.0 Å². The Hall–Kier alpha value is -0.670. The molecule has 1 saturated heterocycles. The molecule has 0 spiro atoms. The second-order valence-corrected chi connectivity index (χ2v) is 6.99. The van der Waals surface area contributed by atoms with E-state index >= 15 is 0 Å². The third kappa shape index (κ3) is 3.09. The fraction of sp³-hybridized carbons (Fsp3) is 0.455. The first-order valence-corrected chi connectivity index (χ1v) is 7.96. The highest BCUT2D eigenvalue weighted by molar-refractivity contribution is 9.10. The van der Waals surface area contributed by atoms with Crippen LogP contribution in [-0.2, 0) is 14.8 Å². The average Bonchev–Trinajstić information content (AvgIpc) is 2.41. The summed E-state index contributed by atoms with van der Waals surface area (Å²) in [5.74, 6) is 0. The van der Waals surface area contributed by atoms with E-state index < -0.39 is 16.1 Å². The molecule has 6 nitrogen and oxygen atoms in total. The summed E-state index contributed by atoms with van der Waals surface area (Å²) in [7, 11) is -3.64. The summed E-state index contributed by atoms with van der Waals surface area (Å²) in [6.45, 7) is 0.467. The lowest BCUT2D eigenvalue weighted by molar-refractivity contribution is -0.0304. The van der Waals surface area contributed by atoms with Crippen molar-refractivity contribution in [1.29, 1.82) is 0 Å². The third-order valence-corrected chi connectivity index (χ3v) is 5.74. The summed E-state index contributed by atoms with van der Waals surface area (Å²) >= 11 is 3.22. The van der Waals surface area contributed by atoms with E-state index in [-0.39, 0.29) is 31.2 Å². The molecule has 3 N–H and O–H groups in total. The zero-order chi connectivity index (χ0) is 14.0. The summed E-state index contributed by atoms with van der Waals surface area (Å²) < 4.78 is 32.1. The van der Waals surface area contributed by atoms with Crippen LogP contribution in [-0.4, -0.2) is 50.2 Å². The van der Waals surface area contributed by atoms with Crippen LogP contribution in [0, 0.1) is 0 Å². The zero-order valence-electron chi connectivity index (χ0n) is 10.1. The van der Waals surface area contributed by atoms with Crippen LogP contribution in [0.25, 0.3) is 0 Å². The van der Waals surface area contributed by atoms with E-state index in [4.69, 9.17) is 15.6 Å². The predicted molar refractivity (Wildman–Crippen MR) is 74.1 cm³/mol. The van der Waals surface area contributed by atoms with Crippen molar-refractivity contribution in [2.75, 3.05) is 32.0 Å². The number of anilines is 1. The van der Waals surface area contributed by atoms with E-state index in [2.05, 4.69) is 15.9 Å². The number of nitrogen functional groups attached to an aromatic ring is 1. The Labute approximate surface area is 120 Å². The van der Waals surface area contributed by atoms with Crippen LogP contribution in [0.1, 0.15) is 0 Å². The maximum Gasteiger partial charge on any atom is 0.244 e. The van der Waals surface area contributed by atoms with Crippen molar-refractivity contribution in [3.05, 3.63) is 22.7 Å². The number of nitrogens with two attached hydrogens (primary N) is 1. The molecule has 106 valence electrons. The van der Waals surface area contributed by atoms with Gasteiger partial charge in [0.1, 0.15) is 0 Å². The molecule has 0 aliphatic carbocycles. The molecular formula is C11H15BrN2O4S. The predicted octanol–water partition coefficient (Wildman–Crippen LogP) is 0.413. The third-order valence-electron chi connectivity index (χ3n) is 2.88. The molecule has 8 heteroatoms. The van der Waals surface area contributed by atoms with Crippen molar-refractivity contribution < 1.29 is 18.3 Å². The van der Waals surface area contributed by atoms with Gasteiger partial charge in [0, 0.05) is 23.2 Å². The minimum Gasteiger partial charge on any atom is -0.399 e. The van der Waals surface area contributed by atoms with Gasteiger partial charge in [0.25, 0.3) is 0 Å². The highest BCUT2D eigenvalue weighted by Gasteiger charge is 2.31. The molecule has 1 unspecified atom stereocenters. The molecule has 0 bridgehead atoms. The van der Waals surface area contributed by atoms with Gasteiger partial charge in [-0.1, -0.05) is 0 Å². The van der Waals surface area contributed by atoms with Gasteiger partial charge >= 0.3 is 0 Å². The van der Waals surface area contributed by atoms with Crippen molar-refractivity contribution >= 4 is 31.6 Å². The summed E-state index contributed by atoms with van der Waals surface area (Å²) in [6, 6.07) is 4.65. The van der Waals surface area contributed by atoms with E-state index in [1.165, 1.54) is 10.4 Å². The monoisotopic (exact) mass is 350 g/mol. The van der Waals surface area contributed by atoms with Crippen LogP contribution in [0.5, 0.6) is 0 Å². The van der Waals surface area contributed by atoms with Crippen molar-refractivity contribution in [3.8, 4) is 0 Å². The zero-order valence-corrected chi connectivity index (χ0v) is 12.5. The summed E-state index contributed by atoms with van der Waals surface area (Å²) in [6.07, 6.45) is -0.483. The number of benzene rings is 1. The van der Waals surface area contributed by atoms with E-state index in [1.807, 2.05) is 0 Å². The second kappa shape index (κ2) is 5.76. The Morgan fingerprint density at radius 2 is 2.26 bits per heavy atom. The number of morpholine rings is 1. The fourth-order valence-electron chi connectivity index (χ4n) is 1.88. The standard InChI is InChI=1S/C11H15BrN2O4S/c12-10-2-1-8(13)5-11(10)19(16,17)14-3-4-18-9(6-14)7-15/h1-2,5,9,15H,3-4,6-7,13H2. The molecule has 0 aromatic heterocycles.